The molecule has 0 aliphatic carbocycles. The summed E-state index contributed by atoms with van der Waals surface area (Å²) in [5.74, 6) is -8.78. The second-order valence-electron chi connectivity index (χ2n) is 6.80. The summed E-state index contributed by atoms with van der Waals surface area (Å²) in [6, 6.07) is 3.79. The lowest BCUT2D eigenvalue weighted by Crippen LogP contribution is -2.26. The van der Waals surface area contributed by atoms with Gasteiger partial charge in [-0.3, -0.25) is 4.79 Å². The number of carbonyl (C=O) groups is 1. The van der Waals surface area contributed by atoms with Crippen LogP contribution >= 0.6 is 11.6 Å². The molecule has 2 aromatic carbocycles. The molecule has 0 spiro atoms. The van der Waals surface area contributed by atoms with Crippen LogP contribution in [-0.2, 0) is 6.18 Å². The summed E-state index contributed by atoms with van der Waals surface area (Å²) in [5.41, 5.74) is -3.14. The number of hydrogen-bond donors (Lipinski definition) is 1. The fourth-order valence-electron chi connectivity index (χ4n) is 2.99. The smallest absolute Gasteiger partial charge is 0.586 e. The minimum atomic E-state index is -5.23. The van der Waals surface area contributed by atoms with Crippen molar-refractivity contribution in [3.05, 3.63) is 75.7 Å². The molecule has 15 heteroatoms. The number of fused-ring (bicyclic) bond motifs is 1. The first kappa shape index (κ1) is 24.2. The van der Waals surface area contributed by atoms with Gasteiger partial charge in [0, 0.05) is 6.07 Å². The minimum absolute atomic E-state index is 0.142. The Labute approximate surface area is 194 Å². The Morgan fingerprint density at radius 1 is 1.11 bits per heavy atom. The molecule has 0 bridgehead atoms. The van der Waals surface area contributed by atoms with Crippen LogP contribution in [0.2, 0.25) is 5.02 Å². The number of aromatic nitrogens is 1. The lowest BCUT2D eigenvalue weighted by atomic mass is 10.1. The van der Waals surface area contributed by atoms with Crippen molar-refractivity contribution in [2.24, 2.45) is 0 Å². The summed E-state index contributed by atoms with van der Waals surface area (Å²) in [6.45, 7) is 0. The van der Waals surface area contributed by atoms with Crippen molar-refractivity contribution < 1.29 is 54.5 Å². The molecular weight excluding hydrogens is 517 g/mol. The number of ether oxygens (including phenoxy) is 3. The summed E-state index contributed by atoms with van der Waals surface area (Å²) in [7, 11) is 0. The maximum Gasteiger partial charge on any atom is 0.586 e. The van der Waals surface area contributed by atoms with Crippen LogP contribution in [-0.4, -0.2) is 12.2 Å². The topological polar surface area (TPSA) is 83.7 Å². The van der Waals surface area contributed by atoms with Gasteiger partial charge in [-0.15, -0.1) is 8.78 Å². The van der Waals surface area contributed by atoms with Gasteiger partial charge in [0.05, 0.1) is 10.6 Å². The van der Waals surface area contributed by atoms with Crippen molar-refractivity contribution in [2.45, 2.75) is 12.5 Å². The third-order valence-corrected chi connectivity index (χ3v) is 4.80. The molecule has 7 nitrogen and oxygen atoms in total. The Bertz CT molecular complexity index is 1350. The van der Waals surface area contributed by atoms with Gasteiger partial charge < -0.3 is 24.7 Å². The van der Waals surface area contributed by atoms with Crippen LogP contribution < -0.4 is 24.3 Å². The fourth-order valence-corrected chi connectivity index (χ4v) is 3.25. The predicted molar refractivity (Wildman–Crippen MR) is 102 cm³/mol. The van der Waals surface area contributed by atoms with Gasteiger partial charge in [-0.1, -0.05) is 11.6 Å². The maximum atomic E-state index is 15.0. The molecule has 2 heterocycles. The van der Waals surface area contributed by atoms with E-state index in [1.165, 1.54) is 12.1 Å². The van der Waals surface area contributed by atoms with Crippen LogP contribution in [0, 0.1) is 16.8 Å². The molecule has 0 saturated heterocycles. The molecule has 1 amide bonds. The Morgan fingerprint density at radius 3 is 2.46 bits per heavy atom. The summed E-state index contributed by atoms with van der Waals surface area (Å²) in [6.07, 6.45) is -7.67. The van der Waals surface area contributed by atoms with Gasteiger partial charge in [0.1, 0.15) is 17.0 Å². The summed E-state index contributed by atoms with van der Waals surface area (Å²) < 4.78 is 110. The maximum absolute atomic E-state index is 15.0. The van der Waals surface area contributed by atoms with E-state index in [0.717, 1.165) is 12.4 Å². The normalized spacial score (nSPS) is 14.1. The van der Waals surface area contributed by atoms with E-state index in [4.69, 9.17) is 16.3 Å². The number of nitrogens with one attached hydrogen (secondary N) is 1. The number of carbonyl (C=O) groups excluding carboxylic acids is 1. The van der Waals surface area contributed by atoms with Gasteiger partial charge in [0.25, 0.3) is 5.91 Å². The average Bonchev–Trinajstić information content (AvgIpc) is 3.08. The highest BCUT2D eigenvalue weighted by Gasteiger charge is 2.47. The Balaban J connectivity index is 1.84. The largest absolute Gasteiger partial charge is 0.619 e. The Kier molecular flexibility index (Phi) is 5.79. The first-order valence-electron chi connectivity index (χ1n) is 9.12. The number of benzene rings is 2. The van der Waals surface area contributed by atoms with Crippen LogP contribution in [0.5, 0.6) is 23.0 Å². The summed E-state index contributed by atoms with van der Waals surface area (Å²) in [5, 5.41) is 12.0. The molecule has 0 saturated carbocycles. The number of hydrogen-bond acceptors (Lipinski definition) is 5. The Hall–Kier alpha value is -3.94. The molecule has 1 aliphatic heterocycles. The van der Waals surface area contributed by atoms with Gasteiger partial charge in [0.2, 0.25) is 17.7 Å². The number of pyridine rings is 1. The number of rotatable bonds is 4. The average molecular weight is 525 g/mol. The zero-order chi connectivity index (χ0) is 25.7. The van der Waals surface area contributed by atoms with Crippen molar-refractivity contribution in [1.29, 1.82) is 0 Å². The molecule has 1 N–H and O–H groups in total. The van der Waals surface area contributed by atoms with Gasteiger partial charge in [0.15, 0.2) is 23.6 Å². The molecule has 3 aromatic rings. The van der Waals surface area contributed by atoms with Gasteiger partial charge in [-0.25, -0.2) is 8.78 Å². The van der Waals surface area contributed by atoms with Crippen LogP contribution in [0.25, 0.3) is 0 Å². The van der Waals surface area contributed by atoms with Gasteiger partial charge in [-0.05, 0) is 24.3 Å². The van der Waals surface area contributed by atoms with Crippen molar-refractivity contribution in [1.82, 2.24) is 0 Å². The van der Waals surface area contributed by atoms with Crippen molar-refractivity contribution in [3.8, 4) is 23.0 Å². The number of halogens is 8. The van der Waals surface area contributed by atoms with Crippen LogP contribution in [0.4, 0.5) is 36.4 Å². The van der Waals surface area contributed by atoms with Crippen LogP contribution in [0.15, 0.2) is 42.7 Å². The van der Waals surface area contributed by atoms with E-state index in [9.17, 15) is 40.7 Å². The molecule has 0 radical (unpaired) electrons. The highest BCUT2D eigenvalue weighted by Crippen LogP contribution is 2.51. The zero-order valence-electron chi connectivity index (χ0n) is 16.6. The molecule has 1 aromatic heterocycles. The van der Waals surface area contributed by atoms with Crippen molar-refractivity contribution in [3.63, 3.8) is 0 Å². The molecule has 1 aliphatic rings. The monoisotopic (exact) mass is 524 g/mol. The SMILES string of the molecule is O=C(Nc1ccc[n+]([O-])c1)c1c(Oc2ccc(F)c3c2OC(F)(F)O3)cc(C(F)(F)F)c(Cl)c1F. The molecule has 0 atom stereocenters. The fraction of sp³-hybridized carbons (Fsp3) is 0.100. The molecule has 0 unspecified atom stereocenters. The van der Waals surface area contributed by atoms with E-state index in [2.05, 4.69) is 14.8 Å². The summed E-state index contributed by atoms with van der Waals surface area (Å²) >= 11 is 5.50. The summed E-state index contributed by atoms with van der Waals surface area (Å²) in [4.78, 5) is 12.7. The van der Waals surface area contributed by atoms with E-state index in [0.29, 0.717) is 12.1 Å². The third kappa shape index (κ3) is 4.69. The highest BCUT2D eigenvalue weighted by atomic mass is 35.5. The number of nitrogens with zero attached hydrogens (tertiary/aromatic N) is 1. The minimum Gasteiger partial charge on any atom is -0.619 e. The van der Waals surface area contributed by atoms with Gasteiger partial charge in [-0.2, -0.15) is 17.9 Å². The Morgan fingerprint density at radius 2 is 1.80 bits per heavy atom. The zero-order valence-corrected chi connectivity index (χ0v) is 17.3. The molecule has 35 heavy (non-hydrogen) atoms. The quantitative estimate of drug-likeness (QED) is 0.271. The van der Waals surface area contributed by atoms with Crippen LogP contribution in [0.1, 0.15) is 15.9 Å². The van der Waals surface area contributed by atoms with Crippen LogP contribution in [0.3, 0.4) is 0 Å². The number of anilines is 1. The first-order chi connectivity index (χ1) is 16.3. The van der Waals surface area contributed by atoms with Gasteiger partial charge >= 0.3 is 12.5 Å². The molecular formula is C20H8ClF7N2O5. The highest BCUT2D eigenvalue weighted by molar-refractivity contribution is 6.32. The number of alkyl halides is 5. The molecule has 184 valence electrons. The van der Waals surface area contributed by atoms with E-state index in [1.54, 1.807) is 0 Å². The lowest BCUT2D eigenvalue weighted by molar-refractivity contribution is -0.604. The number of amides is 1. The second kappa shape index (κ2) is 8.37. The molecule has 4 rings (SSSR count). The lowest BCUT2D eigenvalue weighted by Gasteiger charge is -2.17. The van der Waals surface area contributed by atoms with Crippen molar-refractivity contribution >= 4 is 23.2 Å². The standard InChI is InChI=1S/C20H8ClF7N2O5/c21-14-9(19(24,25)26)6-12(13(15(14)23)18(31)29-8-2-1-5-30(32)7-8)33-11-4-3-10(22)16-17(11)35-20(27,28)34-16/h1-7H,(H,29,31). The van der Waals surface area contributed by atoms with E-state index >= 15 is 0 Å². The van der Waals surface area contributed by atoms with E-state index in [1.807, 2.05) is 0 Å². The molecule has 0 fully saturated rings. The first-order valence-corrected chi connectivity index (χ1v) is 9.50. The van der Waals surface area contributed by atoms with E-state index < -0.39 is 69.2 Å². The predicted octanol–water partition coefficient (Wildman–Crippen LogP) is 5.64. The third-order valence-electron chi connectivity index (χ3n) is 4.43. The van der Waals surface area contributed by atoms with Crippen molar-refractivity contribution in [2.75, 3.05) is 5.32 Å². The second-order valence-corrected chi connectivity index (χ2v) is 7.18. The van der Waals surface area contributed by atoms with E-state index in [-0.39, 0.29) is 16.5 Å².